The Labute approximate surface area is 148 Å². The third-order valence-electron chi connectivity index (χ3n) is 4.14. The highest BCUT2D eigenvalue weighted by molar-refractivity contribution is 5.94. The number of carbonyl (C=O) groups is 1. The average molecular weight is 343 g/mol. The van der Waals surface area contributed by atoms with Crippen LogP contribution < -0.4 is 19.5 Å². The van der Waals surface area contributed by atoms with Gasteiger partial charge >= 0.3 is 0 Å². The normalized spacial score (nSPS) is 11.6. The summed E-state index contributed by atoms with van der Waals surface area (Å²) < 4.78 is 16.4. The van der Waals surface area contributed by atoms with Gasteiger partial charge in [-0.1, -0.05) is 19.1 Å². The van der Waals surface area contributed by atoms with Crippen LogP contribution in [-0.2, 0) is 4.79 Å². The largest absolute Gasteiger partial charge is 0.493 e. The summed E-state index contributed by atoms with van der Waals surface area (Å²) in [6.45, 7) is 5.93. The topological polar surface area (TPSA) is 56.8 Å². The maximum absolute atomic E-state index is 12.6. The number of anilines is 1. The predicted molar refractivity (Wildman–Crippen MR) is 98.8 cm³/mol. The van der Waals surface area contributed by atoms with Crippen molar-refractivity contribution in [3.8, 4) is 17.2 Å². The van der Waals surface area contributed by atoms with E-state index in [2.05, 4.69) is 5.32 Å². The van der Waals surface area contributed by atoms with Crippen LogP contribution in [0.15, 0.2) is 36.4 Å². The van der Waals surface area contributed by atoms with Gasteiger partial charge in [0.25, 0.3) is 5.91 Å². The lowest BCUT2D eigenvalue weighted by Crippen LogP contribution is -2.32. The molecule has 0 unspecified atom stereocenters. The zero-order valence-electron chi connectivity index (χ0n) is 15.4. The van der Waals surface area contributed by atoms with E-state index in [-0.39, 0.29) is 5.91 Å². The van der Waals surface area contributed by atoms with Gasteiger partial charge in [0.05, 0.1) is 14.2 Å². The maximum atomic E-state index is 12.6. The first-order chi connectivity index (χ1) is 12.0. The van der Waals surface area contributed by atoms with E-state index < -0.39 is 6.10 Å². The van der Waals surface area contributed by atoms with Crippen LogP contribution in [0.2, 0.25) is 0 Å². The van der Waals surface area contributed by atoms with Crippen molar-refractivity contribution in [2.75, 3.05) is 19.5 Å². The molecular weight excluding hydrogens is 318 g/mol. The first-order valence-electron chi connectivity index (χ1n) is 8.25. The number of aryl methyl sites for hydroxylation is 1. The Kier molecular flexibility index (Phi) is 6.28. The molecule has 0 aliphatic carbocycles. The van der Waals surface area contributed by atoms with E-state index in [1.165, 1.54) is 0 Å². The number of benzene rings is 2. The Bertz CT molecular complexity index is 742. The van der Waals surface area contributed by atoms with Crippen molar-refractivity contribution in [3.05, 3.63) is 47.5 Å². The molecule has 1 atom stereocenters. The third-order valence-corrected chi connectivity index (χ3v) is 4.14. The maximum Gasteiger partial charge on any atom is 0.265 e. The zero-order chi connectivity index (χ0) is 18.4. The number of carbonyl (C=O) groups excluding carboxylic acids is 1. The minimum absolute atomic E-state index is 0.198. The number of hydrogen-bond donors (Lipinski definition) is 1. The molecule has 1 N–H and O–H groups in total. The van der Waals surface area contributed by atoms with Crippen LogP contribution in [0.1, 0.15) is 24.5 Å². The van der Waals surface area contributed by atoms with E-state index >= 15 is 0 Å². The Morgan fingerprint density at radius 1 is 1.04 bits per heavy atom. The summed E-state index contributed by atoms with van der Waals surface area (Å²) in [6, 6.07) is 11.1. The number of nitrogens with one attached hydrogen (secondary N) is 1. The summed E-state index contributed by atoms with van der Waals surface area (Å²) in [6.07, 6.45) is -0.0134. The Morgan fingerprint density at radius 2 is 1.76 bits per heavy atom. The molecule has 0 fully saturated rings. The van der Waals surface area contributed by atoms with Crippen molar-refractivity contribution in [3.63, 3.8) is 0 Å². The standard InChI is InChI=1S/C20H25NO4/c1-6-16(25-17-9-7-8-13(2)14(17)3)20(22)21-15-10-11-18(23-4)19(12-15)24-5/h7-12,16H,6H2,1-5H3,(H,21,22)/t16-/m1/s1. The Hall–Kier alpha value is -2.69. The molecule has 0 aromatic heterocycles. The smallest absolute Gasteiger partial charge is 0.265 e. The summed E-state index contributed by atoms with van der Waals surface area (Å²) in [5.41, 5.74) is 2.80. The van der Waals surface area contributed by atoms with Gasteiger partial charge in [0, 0.05) is 11.8 Å². The Balaban J connectivity index is 2.13. The number of amides is 1. The molecule has 134 valence electrons. The number of rotatable bonds is 7. The molecule has 0 bridgehead atoms. The van der Waals surface area contributed by atoms with Crippen molar-refractivity contribution in [1.82, 2.24) is 0 Å². The van der Waals surface area contributed by atoms with Crippen LogP contribution in [-0.4, -0.2) is 26.2 Å². The molecule has 2 aromatic carbocycles. The number of hydrogen-bond acceptors (Lipinski definition) is 4. The second-order valence-corrected chi connectivity index (χ2v) is 5.77. The van der Waals surface area contributed by atoms with Gasteiger partial charge in [-0.2, -0.15) is 0 Å². The molecule has 5 nitrogen and oxygen atoms in total. The van der Waals surface area contributed by atoms with Crippen LogP contribution in [0.3, 0.4) is 0 Å². The van der Waals surface area contributed by atoms with Gasteiger partial charge in [0.2, 0.25) is 0 Å². The van der Waals surface area contributed by atoms with Gasteiger partial charge in [-0.3, -0.25) is 4.79 Å². The molecule has 0 spiro atoms. The number of methoxy groups -OCH3 is 2. The molecular formula is C20H25NO4. The van der Waals surface area contributed by atoms with E-state index in [1.807, 2.05) is 39.0 Å². The molecule has 2 aromatic rings. The fourth-order valence-electron chi connectivity index (χ4n) is 2.46. The lowest BCUT2D eigenvalue weighted by Gasteiger charge is -2.19. The van der Waals surface area contributed by atoms with Gasteiger partial charge in [0.1, 0.15) is 5.75 Å². The summed E-state index contributed by atoms with van der Waals surface area (Å²) in [5, 5.41) is 2.87. The summed E-state index contributed by atoms with van der Waals surface area (Å²) in [5.74, 6) is 1.70. The summed E-state index contributed by atoms with van der Waals surface area (Å²) >= 11 is 0. The van der Waals surface area contributed by atoms with E-state index in [9.17, 15) is 4.79 Å². The molecule has 0 radical (unpaired) electrons. The average Bonchev–Trinajstić information content (AvgIpc) is 2.62. The van der Waals surface area contributed by atoms with Crippen molar-refractivity contribution in [2.24, 2.45) is 0 Å². The first-order valence-corrected chi connectivity index (χ1v) is 8.25. The lowest BCUT2D eigenvalue weighted by molar-refractivity contribution is -0.122. The van der Waals surface area contributed by atoms with Crippen LogP contribution in [0, 0.1) is 13.8 Å². The molecule has 0 aliphatic rings. The first kappa shape index (κ1) is 18.6. The van der Waals surface area contributed by atoms with E-state index in [4.69, 9.17) is 14.2 Å². The predicted octanol–water partition coefficient (Wildman–Crippen LogP) is 4.12. The van der Waals surface area contributed by atoms with Crippen molar-refractivity contribution in [2.45, 2.75) is 33.3 Å². The van der Waals surface area contributed by atoms with E-state index in [0.29, 0.717) is 23.6 Å². The van der Waals surface area contributed by atoms with E-state index in [1.54, 1.807) is 32.4 Å². The molecule has 0 aliphatic heterocycles. The SMILES string of the molecule is CC[C@@H](Oc1cccc(C)c1C)C(=O)Nc1ccc(OC)c(OC)c1. The molecule has 5 heteroatoms. The van der Waals surface area contributed by atoms with Gasteiger partial charge in [-0.25, -0.2) is 0 Å². The van der Waals surface area contributed by atoms with Crippen LogP contribution in [0.25, 0.3) is 0 Å². The minimum atomic E-state index is -0.575. The van der Waals surface area contributed by atoms with Crippen molar-refractivity contribution >= 4 is 11.6 Å². The van der Waals surface area contributed by atoms with Crippen molar-refractivity contribution < 1.29 is 19.0 Å². The Morgan fingerprint density at radius 3 is 2.40 bits per heavy atom. The second-order valence-electron chi connectivity index (χ2n) is 5.77. The van der Waals surface area contributed by atoms with E-state index in [0.717, 1.165) is 16.9 Å². The second kappa shape index (κ2) is 8.42. The summed E-state index contributed by atoms with van der Waals surface area (Å²) in [7, 11) is 3.13. The molecule has 1 amide bonds. The van der Waals surface area contributed by atoms with Gasteiger partial charge in [0.15, 0.2) is 17.6 Å². The van der Waals surface area contributed by atoms with Crippen LogP contribution in [0.5, 0.6) is 17.2 Å². The molecule has 0 saturated carbocycles. The van der Waals surface area contributed by atoms with Gasteiger partial charge < -0.3 is 19.5 Å². The van der Waals surface area contributed by atoms with Crippen LogP contribution >= 0.6 is 0 Å². The summed E-state index contributed by atoms with van der Waals surface area (Å²) in [4.78, 5) is 12.6. The van der Waals surface area contributed by atoms with Crippen molar-refractivity contribution in [1.29, 1.82) is 0 Å². The molecule has 0 heterocycles. The van der Waals surface area contributed by atoms with Crippen LogP contribution in [0.4, 0.5) is 5.69 Å². The highest BCUT2D eigenvalue weighted by Crippen LogP contribution is 2.30. The quantitative estimate of drug-likeness (QED) is 0.822. The third kappa shape index (κ3) is 4.44. The highest BCUT2D eigenvalue weighted by atomic mass is 16.5. The highest BCUT2D eigenvalue weighted by Gasteiger charge is 2.20. The zero-order valence-corrected chi connectivity index (χ0v) is 15.4. The molecule has 25 heavy (non-hydrogen) atoms. The fraction of sp³-hybridized carbons (Fsp3) is 0.350. The molecule has 0 saturated heterocycles. The monoisotopic (exact) mass is 343 g/mol. The molecule has 2 rings (SSSR count). The lowest BCUT2D eigenvalue weighted by atomic mass is 10.1. The van der Waals surface area contributed by atoms with Gasteiger partial charge in [-0.15, -0.1) is 0 Å². The minimum Gasteiger partial charge on any atom is -0.493 e. The fourth-order valence-corrected chi connectivity index (χ4v) is 2.46. The van der Waals surface area contributed by atoms with Gasteiger partial charge in [-0.05, 0) is 49.6 Å². The number of ether oxygens (including phenoxy) is 3.